The first-order valence-corrected chi connectivity index (χ1v) is 9.38. The average Bonchev–Trinajstić information content (AvgIpc) is 2.70. The van der Waals surface area contributed by atoms with Crippen molar-refractivity contribution in [2.24, 2.45) is 0 Å². The summed E-state index contributed by atoms with van der Waals surface area (Å²) in [6.45, 7) is 6.74. The van der Waals surface area contributed by atoms with Crippen molar-refractivity contribution in [3.63, 3.8) is 0 Å². The van der Waals surface area contributed by atoms with E-state index in [-0.39, 0.29) is 6.04 Å². The van der Waals surface area contributed by atoms with Crippen LogP contribution in [0.5, 0.6) is 5.75 Å². The molecule has 26 heavy (non-hydrogen) atoms. The smallest absolute Gasteiger partial charge is 0.124 e. The third-order valence-corrected chi connectivity index (χ3v) is 4.96. The first kappa shape index (κ1) is 17.0. The minimum absolute atomic E-state index is 0.150. The first-order valence-electron chi connectivity index (χ1n) is 9.38. The fourth-order valence-corrected chi connectivity index (χ4v) is 3.76. The van der Waals surface area contributed by atoms with Crippen molar-refractivity contribution >= 4 is 10.9 Å². The Labute approximate surface area is 154 Å². The number of piperazine rings is 1. The van der Waals surface area contributed by atoms with Crippen LogP contribution >= 0.6 is 0 Å². The van der Waals surface area contributed by atoms with Crippen molar-refractivity contribution in [1.29, 1.82) is 0 Å². The van der Waals surface area contributed by atoms with E-state index >= 15 is 0 Å². The molecular weight excluding hydrogens is 322 g/mol. The maximum atomic E-state index is 5.96. The zero-order valence-electron chi connectivity index (χ0n) is 15.2. The Hall–Kier alpha value is -2.43. The van der Waals surface area contributed by atoms with Crippen LogP contribution in [0.3, 0.4) is 0 Å². The van der Waals surface area contributed by atoms with Gasteiger partial charge in [0.25, 0.3) is 0 Å². The molecule has 0 aliphatic carbocycles. The molecule has 134 valence electrons. The summed E-state index contributed by atoms with van der Waals surface area (Å²) in [5.41, 5.74) is 3.47. The molecule has 1 saturated heterocycles. The molecule has 1 atom stereocenters. The van der Waals surface area contributed by atoms with Crippen molar-refractivity contribution in [3.05, 3.63) is 71.9 Å². The van der Waals surface area contributed by atoms with Crippen LogP contribution in [-0.2, 0) is 0 Å². The van der Waals surface area contributed by atoms with Gasteiger partial charge >= 0.3 is 0 Å². The summed E-state index contributed by atoms with van der Waals surface area (Å²) in [4.78, 5) is 7.24. The number of hydrogen-bond acceptors (Lipinski definition) is 4. The Morgan fingerprint density at radius 3 is 2.69 bits per heavy atom. The fourth-order valence-electron chi connectivity index (χ4n) is 3.76. The van der Waals surface area contributed by atoms with Crippen molar-refractivity contribution in [2.45, 2.75) is 13.0 Å². The van der Waals surface area contributed by atoms with Crippen LogP contribution in [0, 0.1) is 0 Å². The van der Waals surface area contributed by atoms with Crippen molar-refractivity contribution < 1.29 is 4.74 Å². The Bertz CT molecular complexity index is 874. The lowest BCUT2D eigenvalue weighted by molar-refractivity contribution is 0.194. The number of rotatable bonds is 5. The van der Waals surface area contributed by atoms with Crippen molar-refractivity contribution in [1.82, 2.24) is 15.2 Å². The Kier molecular flexibility index (Phi) is 5.14. The number of nitrogens with one attached hydrogen (secondary N) is 1. The Morgan fingerprint density at radius 2 is 1.85 bits per heavy atom. The summed E-state index contributed by atoms with van der Waals surface area (Å²) in [5.74, 6) is 0.965. The second-order valence-corrected chi connectivity index (χ2v) is 6.62. The normalized spacial score (nSPS) is 16.5. The first-order chi connectivity index (χ1) is 12.9. The highest BCUT2D eigenvalue weighted by molar-refractivity contribution is 5.79. The lowest BCUT2D eigenvalue weighted by Crippen LogP contribution is -2.45. The fraction of sp³-hybridized carbons (Fsp3) is 0.318. The average molecular weight is 347 g/mol. The van der Waals surface area contributed by atoms with Gasteiger partial charge in [-0.05, 0) is 30.7 Å². The number of para-hydroxylation sites is 2. The van der Waals surface area contributed by atoms with Crippen LogP contribution < -0.4 is 10.1 Å². The summed E-state index contributed by atoms with van der Waals surface area (Å²) in [5, 5.41) is 4.63. The van der Waals surface area contributed by atoms with Crippen LogP contribution in [0.2, 0.25) is 0 Å². The second kappa shape index (κ2) is 7.85. The van der Waals surface area contributed by atoms with Gasteiger partial charge in [0.05, 0.1) is 18.2 Å². The molecule has 0 radical (unpaired) electrons. The molecule has 2 aromatic carbocycles. The maximum Gasteiger partial charge on any atom is 0.124 e. The number of pyridine rings is 1. The molecule has 0 spiro atoms. The van der Waals surface area contributed by atoms with E-state index in [4.69, 9.17) is 9.72 Å². The van der Waals surface area contributed by atoms with Gasteiger partial charge < -0.3 is 10.1 Å². The van der Waals surface area contributed by atoms with E-state index in [0.29, 0.717) is 6.61 Å². The van der Waals surface area contributed by atoms with Crippen LogP contribution in [0.25, 0.3) is 10.9 Å². The molecule has 0 saturated carbocycles. The number of hydrogen-bond donors (Lipinski definition) is 1. The van der Waals surface area contributed by atoms with Crippen LogP contribution in [0.1, 0.15) is 24.1 Å². The lowest BCUT2D eigenvalue weighted by atomic mass is 9.95. The largest absolute Gasteiger partial charge is 0.494 e. The third-order valence-electron chi connectivity index (χ3n) is 4.96. The molecule has 4 heteroatoms. The molecule has 0 bridgehead atoms. The highest BCUT2D eigenvalue weighted by Crippen LogP contribution is 2.35. The van der Waals surface area contributed by atoms with Gasteiger partial charge in [0.15, 0.2) is 0 Å². The number of ether oxygens (including phenoxy) is 1. The Balaban J connectivity index is 1.82. The van der Waals surface area contributed by atoms with E-state index in [0.717, 1.165) is 37.4 Å². The molecule has 1 N–H and O–H groups in total. The van der Waals surface area contributed by atoms with Gasteiger partial charge in [-0.3, -0.25) is 9.88 Å². The van der Waals surface area contributed by atoms with Gasteiger partial charge in [-0.1, -0.05) is 36.4 Å². The summed E-state index contributed by atoms with van der Waals surface area (Å²) in [6, 6.07) is 19.1. The van der Waals surface area contributed by atoms with E-state index in [1.54, 1.807) is 0 Å². The minimum atomic E-state index is 0.150. The van der Waals surface area contributed by atoms with E-state index in [1.165, 1.54) is 16.5 Å². The third kappa shape index (κ3) is 3.43. The number of fused-ring (bicyclic) bond motifs is 1. The molecule has 3 aromatic rings. The SMILES string of the molecule is CCOc1ccccc1C(c1cnc2ccccc2c1)N1CCNCC1. The summed E-state index contributed by atoms with van der Waals surface area (Å²) < 4.78 is 5.96. The zero-order chi connectivity index (χ0) is 17.8. The van der Waals surface area contributed by atoms with Gasteiger partial charge in [0.2, 0.25) is 0 Å². The molecule has 1 fully saturated rings. The van der Waals surface area contributed by atoms with E-state index < -0.39 is 0 Å². The molecule has 0 amide bonds. The van der Waals surface area contributed by atoms with E-state index in [9.17, 15) is 0 Å². The van der Waals surface area contributed by atoms with Crippen LogP contribution in [0.15, 0.2) is 60.8 Å². The van der Waals surface area contributed by atoms with Crippen molar-refractivity contribution in [2.75, 3.05) is 32.8 Å². The van der Waals surface area contributed by atoms with Crippen LogP contribution in [0.4, 0.5) is 0 Å². The highest BCUT2D eigenvalue weighted by atomic mass is 16.5. The standard InChI is InChI=1S/C22H25N3O/c1-2-26-21-10-6-4-8-19(21)22(25-13-11-23-12-14-25)18-15-17-7-3-5-9-20(17)24-16-18/h3-10,15-16,22-23H,2,11-14H2,1H3. The molecule has 4 nitrogen and oxygen atoms in total. The molecule has 2 heterocycles. The quantitative estimate of drug-likeness (QED) is 0.765. The molecule has 1 aliphatic heterocycles. The molecule has 1 aliphatic rings. The topological polar surface area (TPSA) is 37.4 Å². The number of benzene rings is 2. The highest BCUT2D eigenvalue weighted by Gasteiger charge is 2.26. The molecular formula is C22H25N3O. The summed E-state index contributed by atoms with van der Waals surface area (Å²) in [6.07, 6.45) is 2.03. The minimum Gasteiger partial charge on any atom is -0.494 e. The number of aromatic nitrogens is 1. The number of nitrogens with zero attached hydrogens (tertiary/aromatic N) is 2. The van der Waals surface area contributed by atoms with Crippen LogP contribution in [-0.4, -0.2) is 42.7 Å². The predicted molar refractivity (Wildman–Crippen MR) is 106 cm³/mol. The predicted octanol–water partition coefficient (Wildman–Crippen LogP) is 3.63. The van der Waals surface area contributed by atoms with E-state index in [1.807, 2.05) is 25.3 Å². The van der Waals surface area contributed by atoms with Gasteiger partial charge in [0, 0.05) is 43.3 Å². The monoisotopic (exact) mass is 347 g/mol. The zero-order valence-corrected chi connectivity index (χ0v) is 15.2. The Morgan fingerprint density at radius 1 is 1.08 bits per heavy atom. The van der Waals surface area contributed by atoms with Crippen molar-refractivity contribution in [3.8, 4) is 5.75 Å². The van der Waals surface area contributed by atoms with E-state index in [2.05, 4.69) is 52.7 Å². The van der Waals surface area contributed by atoms with Gasteiger partial charge in [-0.2, -0.15) is 0 Å². The molecule has 1 aromatic heterocycles. The molecule has 4 rings (SSSR count). The maximum absolute atomic E-state index is 5.96. The lowest BCUT2D eigenvalue weighted by Gasteiger charge is -2.36. The molecule has 1 unspecified atom stereocenters. The van der Waals surface area contributed by atoms with Gasteiger partial charge in [0.1, 0.15) is 5.75 Å². The van der Waals surface area contributed by atoms with Gasteiger partial charge in [-0.15, -0.1) is 0 Å². The van der Waals surface area contributed by atoms with Gasteiger partial charge in [-0.25, -0.2) is 0 Å². The summed E-state index contributed by atoms with van der Waals surface area (Å²) >= 11 is 0. The second-order valence-electron chi connectivity index (χ2n) is 6.62. The summed E-state index contributed by atoms with van der Waals surface area (Å²) in [7, 11) is 0.